The van der Waals surface area contributed by atoms with Gasteiger partial charge in [0.15, 0.2) is 17.3 Å². The Morgan fingerprint density at radius 3 is 2.53 bits per heavy atom. The van der Waals surface area contributed by atoms with Gasteiger partial charge in [-0.15, -0.1) is 0 Å². The van der Waals surface area contributed by atoms with Gasteiger partial charge < -0.3 is 14.6 Å². The summed E-state index contributed by atoms with van der Waals surface area (Å²) in [7, 11) is 1.66. The summed E-state index contributed by atoms with van der Waals surface area (Å²) in [5, 5.41) is 11.0. The fourth-order valence-electron chi connectivity index (χ4n) is 5.50. The van der Waals surface area contributed by atoms with E-state index in [4.69, 9.17) is 9.47 Å². The molecule has 3 atom stereocenters. The highest BCUT2D eigenvalue weighted by Crippen LogP contribution is 2.47. The maximum atomic E-state index is 12.3. The van der Waals surface area contributed by atoms with Crippen LogP contribution in [-0.4, -0.2) is 48.2 Å². The number of carbonyl (C=O) groups excluding carboxylic acids is 1. The number of benzene rings is 2. The molecule has 1 aliphatic heterocycles. The standard InChI is InChI=1S/C27H35NO4/c1-19(29)26(30)27(2)18-28(16-20-9-5-4-6-10-20)17-23(27)21-13-14-24(31-3)25(15-21)32-22-11-7-8-12-22/h4-6,9-10,13-15,22-23,26,30H,7-8,11-12,16-18H2,1-3H3. The van der Waals surface area contributed by atoms with Gasteiger partial charge in [-0.05, 0) is 55.9 Å². The SMILES string of the molecule is COc1ccc(C2CN(Cc3ccccc3)CC2(C)C(O)C(C)=O)cc1OC1CCCC1. The van der Waals surface area contributed by atoms with Crippen molar-refractivity contribution in [1.82, 2.24) is 4.90 Å². The first-order valence-corrected chi connectivity index (χ1v) is 11.7. The average molecular weight is 438 g/mol. The van der Waals surface area contributed by atoms with Crippen molar-refractivity contribution in [2.24, 2.45) is 5.41 Å². The summed E-state index contributed by atoms with van der Waals surface area (Å²) < 4.78 is 11.9. The number of rotatable bonds is 8. The van der Waals surface area contributed by atoms with Crippen molar-refractivity contribution in [3.8, 4) is 11.5 Å². The van der Waals surface area contributed by atoms with Crippen LogP contribution in [0.4, 0.5) is 0 Å². The molecule has 2 aromatic rings. The molecule has 2 fully saturated rings. The van der Waals surface area contributed by atoms with Crippen molar-refractivity contribution >= 4 is 5.78 Å². The predicted molar refractivity (Wildman–Crippen MR) is 125 cm³/mol. The van der Waals surface area contributed by atoms with Crippen LogP contribution in [0, 0.1) is 5.41 Å². The molecule has 1 saturated heterocycles. The Kier molecular flexibility index (Phi) is 6.87. The van der Waals surface area contributed by atoms with E-state index in [2.05, 4.69) is 29.2 Å². The zero-order valence-corrected chi connectivity index (χ0v) is 19.4. The lowest BCUT2D eigenvalue weighted by Gasteiger charge is -2.35. The second kappa shape index (κ2) is 9.63. The molecule has 5 nitrogen and oxygen atoms in total. The summed E-state index contributed by atoms with van der Waals surface area (Å²) in [4.78, 5) is 14.6. The number of likely N-dealkylation sites (tertiary alicyclic amines) is 1. The van der Waals surface area contributed by atoms with Crippen molar-refractivity contribution in [3.63, 3.8) is 0 Å². The van der Waals surface area contributed by atoms with Crippen LogP contribution in [0.15, 0.2) is 48.5 Å². The van der Waals surface area contributed by atoms with Crippen molar-refractivity contribution in [2.45, 2.75) is 64.2 Å². The number of methoxy groups -OCH3 is 1. The quantitative estimate of drug-likeness (QED) is 0.655. The molecule has 0 radical (unpaired) electrons. The smallest absolute Gasteiger partial charge is 0.161 e. The van der Waals surface area contributed by atoms with Gasteiger partial charge >= 0.3 is 0 Å². The number of ketones is 1. The van der Waals surface area contributed by atoms with Gasteiger partial charge in [-0.2, -0.15) is 0 Å². The van der Waals surface area contributed by atoms with E-state index in [0.29, 0.717) is 6.54 Å². The van der Waals surface area contributed by atoms with E-state index < -0.39 is 11.5 Å². The molecule has 2 aromatic carbocycles. The monoisotopic (exact) mass is 437 g/mol. The third-order valence-electron chi connectivity index (χ3n) is 7.25. The number of hydrogen-bond donors (Lipinski definition) is 1. The normalized spacial score (nSPS) is 25.1. The Hall–Kier alpha value is -2.37. The van der Waals surface area contributed by atoms with Gasteiger partial charge in [-0.1, -0.05) is 43.3 Å². The summed E-state index contributed by atoms with van der Waals surface area (Å²) in [6, 6.07) is 16.4. The van der Waals surface area contributed by atoms with Crippen molar-refractivity contribution in [2.75, 3.05) is 20.2 Å². The zero-order chi connectivity index (χ0) is 22.7. The fourth-order valence-corrected chi connectivity index (χ4v) is 5.50. The van der Waals surface area contributed by atoms with Gasteiger partial charge in [0.1, 0.15) is 6.10 Å². The summed E-state index contributed by atoms with van der Waals surface area (Å²) in [6.45, 7) is 5.73. The van der Waals surface area contributed by atoms with Crippen molar-refractivity contribution < 1.29 is 19.4 Å². The van der Waals surface area contributed by atoms with E-state index in [1.54, 1.807) is 7.11 Å². The Bertz CT molecular complexity index is 925. The van der Waals surface area contributed by atoms with E-state index in [0.717, 1.165) is 43.0 Å². The minimum absolute atomic E-state index is 0.00180. The van der Waals surface area contributed by atoms with Gasteiger partial charge in [0, 0.05) is 31.0 Å². The van der Waals surface area contributed by atoms with Crippen LogP contribution in [0.5, 0.6) is 11.5 Å². The van der Waals surface area contributed by atoms with E-state index in [9.17, 15) is 9.90 Å². The Balaban J connectivity index is 1.64. The van der Waals surface area contributed by atoms with Crippen LogP contribution >= 0.6 is 0 Å². The third-order valence-corrected chi connectivity index (χ3v) is 7.25. The van der Waals surface area contributed by atoms with Gasteiger partial charge in [-0.3, -0.25) is 9.69 Å². The summed E-state index contributed by atoms with van der Waals surface area (Å²) in [5.74, 6) is 1.31. The minimum Gasteiger partial charge on any atom is -0.493 e. The Morgan fingerprint density at radius 2 is 1.88 bits per heavy atom. The molecule has 5 heteroatoms. The number of aliphatic hydroxyl groups excluding tert-OH is 1. The molecule has 0 aromatic heterocycles. The molecule has 1 saturated carbocycles. The van der Waals surface area contributed by atoms with Gasteiger partial charge in [0.05, 0.1) is 13.2 Å². The predicted octanol–water partition coefficient (Wildman–Crippen LogP) is 4.57. The Morgan fingerprint density at radius 1 is 1.16 bits per heavy atom. The highest BCUT2D eigenvalue weighted by molar-refractivity contribution is 5.81. The van der Waals surface area contributed by atoms with Gasteiger partial charge in [0.25, 0.3) is 0 Å². The second-order valence-electron chi connectivity index (χ2n) is 9.66. The number of hydrogen-bond acceptors (Lipinski definition) is 5. The number of ether oxygens (including phenoxy) is 2. The van der Waals surface area contributed by atoms with Crippen LogP contribution in [-0.2, 0) is 11.3 Å². The summed E-state index contributed by atoms with van der Waals surface area (Å²) in [6.07, 6.45) is 3.76. The zero-order valence-electron chi connectivity index (χ0n) is 19.4. The summed E-state index contributed by atoms with van der Waals surface area (Å²) in [5.41, 5.74) is 1.73. The molecule has 32 heavy (non-hydrogen) atoms. The molecule has 1 aliphatic carbocycles. The molecular formula is C27H35NO4. The molecule has 1 N–H and O–H groups in total. The maximum absolute atomic E-state index is 12.3. The maximum Gasteiger partial charge on any atom is 0.161 e. The van der Waals surface area contributed by atoms with Gasteiger partial charge in [-0.25, -0.2) is 0 Å². The molecule has 3 unspecified atom stereocenters. The number of aliphatic hydroxyl groups is 1. The van der Waals surface area contributed by atoms with Crippen molar-refractivity contribution in [3.05, 3.63) is 59.7 Å². The first kappa shape index (κ1) is 22.8. The largest absolute Gasteiger partial charge is 0.493 e. The number of carbonyl (C=O) groups is 1. The molecule has 1 heterocycles. The Labute approximate surface area is 191 Å². The summed E-state index contributed by atoms with van der Waals surface area (Å²) >= 11 is 0. The lowest BCUT2D eigenvalue weighted by molar-refractivity contribution is -0.131. The average Bonchev–Trinajstić information content (AvgIpc) is 3.42. The van der Waals surface area contributed by atoms with Crippen LogP contribution in [0.2, 0.25) is 0 Å². The molecule has 4 rings (SSSR count). The van der Waals surface area contributed by atoms with Crippen LogP contribution < -0.4 is 9.47 Å². The second-order valence-corrected chi connectivity index (χ2v) is 9.66. The molecule has 2 aliphatic rings. The van der Waals surface area contributed by atoms with Crippen LogP contribution in [0.25, 0.3) is 0 Å². The highest BCUT2D eigenvalue weighted by Gasteiger charge is 2.50. The van der Waals surface area contributed by atoms with Crippen molar-refractivity contribution in [1.29, 1.82) is 0 Å². The van der Waals surface area contributed by atoms with E-state index in [1.165, 1.54) is 25.3 Å². The molecule has 0 amide bonds. The number of nitrogens with zero attached hydrogens (tertiary/aromatic N) is 1. The third kappa shape index (κ3) is 4.69. The van der Waals surface area contributed by atoms with Crippen LogP contribution in [0.3, 0.4) is 0 Å². The molecule has 172 valence electrons. The van der Waals surface area contributed by atoms with E-state index >= 15 is 0 Å². The molecule has 0 bridgehead atoms. The lowest BCUT2D eigenvalue weighted by atomic mass is 9.71. The van der Waals surface area contributed by atoms with Crippen LogP contribution in [0.1, 0.15) is 56.6 Å². The topological polar surface area (TPSA) is 59.0 Å². The molecular weight excluding hydrogens is 402 g/mol. The van der Waals surface area contributed by atoms with E-state index in [1.807, 2.05) is 31.2 Å². The highest BCUT2D eigenvalue weighted by atomic mass is 16.5. The van der Waals surface area contributed by atoms with E-state index in [-0.39, 0.29) is 17.8 Å². The first-order chi connectivity index (χ1) is 15.4. The first-order valence-electron chi connectivity index (χ1n) is 11.7. The lowest BCUT2D eigenvalue weighted by Crippen LogP contribution is -2.42. The number of Topliss-reactive ketones (excluding diaryl/α,β-unsaturated/α-hetero) is 1. The minimum atomic E-state index is -1.02. The fraction of sp³-hybridized carbons (Fsp3) is 0.519. The van der Waals surface area contributed by atoms with Gasteiger partial charge in [0.2, 0.25) is 0 Å². The molecule has 0 spiro atoms.